The summed E-state index contributed by atoms with van der Waals surface area (Å²) in [5.41, 5.74) is 6.99. The van der Waals surface area contributed by atoms with E-state index in [0.29, 0.717) is 12.1 Å². The summed E-state index contributed by atoms with van der Waals surface area (Å²) in [6.07, 6.45) is 1.77. The Morgan fingerprint density at radius 2 is 2.18 bits per heavy atom. The summed E-state index contributed by atoms with van der Waals surface area (Å²) in [4.78, 5) is 0. The fourth-order valence-corrected chi connectivity index (χ4v) is 2.38. The molecule has 1 heterocycles. The molecule has 0 aliphatic carbocycles. The molecule has 2 N–H and O–H groups in total. The molecule has 0 spiro atoms. The Kier molecular flexibility index (Phi) is 3.81. The van der Waals surface area contributed by atoms with E-state index in [1.165, 1.54) is 6.07 Å². The molecule has 0 unspecified atom stereocenters. The monoisotopic (exact) mass is 251 g/mol. The van der Waals surface area contributed by atoms with E-state index in [1.54, 1.807) is 30.4 Å². The molecule has 90 valence electrons. The van der Waals surface area contributed by atoms with Gasteiger partial charge in [-0.2, -0.15) is 0 Å². The molecule has 0 fully saturated rings. The van der Waals surface area contributed by atoms with Crippen LogP contribution in [-0.2, 0) is 6.42 Å². The highest BCUT2D eigenvalue weighted by atomic mass is 32.1. The molecular weight excluding hydrogens is 237 g/mol. The number of aryl methyl sites for hydroxylation is 2. The number of benzene rings is 1. The van der Waals surface area contributed by atoms with Crippen LogP contribution < -0.4 is 5.73 Å². The van der Waals surface area contributed by atoms with Crippen LogP contribution >= 0.6 is 11.3 Å². The quantitative estimate of drug-likeness (QED) is 0.908. The van der Waals surface area contributed by atoms with Gasteiger partial charge in [0.05, 0.1) is 0 Å². The number of nitrogens with two attached hydrogens (primary N) is 1. The molecule has 0 atom stereocenters. The first kappa shape index (κ1) is 12.1. The standard InChI is InChI=1S/C12H14FN3S/c1-8-7-9(4-5-10(8)13)12-16-15-11(17-12)3-2-6-14/h4-5,7H,2-3,6,14H2,1H3. The Morgan fingerprint density at radius 1 is 1.35 bits per heavy atom. The molecule has 0 aliphatic heterocycles. The number of hydrogen-bond acceptors (Lipinski definition) is 4. The molecule has 0 amide bonds. The summed E-state index contributed by atoms with van der Waals surface area (Å²) < 4.78 is 13.1. The van der Waals surface area contributed by atoms with Crippen LogP contribution in [0.1, 0.15) is 17.0 Å². The maximum atomic E-state index is 13.1. The van der Waals surface area contributed by atoms with Crippen LogP contribution in [-0.4, -0.2) is 16.7 Å². The van der Waals surface area contributed by atoms with E-state index in [1.807, 2.05) is 0 Å². The van der Waals surface area contributed by atoms with E-state index in [2.05, 4.69) is 10.2 Å². The molecule has 1 aromatic carbocycles. The average Bonchev–Trinajstić information content (AvgIpc) is 2.79. The van der Waals surface area contributed by atoms with Crippen molar-refractivity contribution < 1.29 is 4.39 Å². The van der Waals surface area contributed by atoms with Gasteiger partial charge in [0.1, 0.15) is 15.8 Å². The summed E-state index contributed by atoms with van der Waals surface area (Å²) in [6, 6.07) is 4.99. The van der Waals surface area contributed by atoms with E-state index in [9.17, 15) is 4.39 Å². The summed E-state index contributed by atoms with van der Waals surface area (Å²) in [5.74, 6) is -0.193. The van der Waals surface area contributed by atoms with E-state index in [4.69, 9.17) is 5.73 Å². The predicted molar refractivity (Wildman–Crippen MR) is 67.4 cm³/mol. The molecule has 0 radical (unpaired) electrons. The molecule has 0 bridgehead atoms. The smallest absolute Gasteiger partial charge is 0.147 e. The normalized spacial score (nSPS) is 10.8. The first-order chi connectivity index (χ1) is 8.20. The van der Waals surface area contributed by atoms with Gasteiger partial charge < -0.3 is 5.73 Å². The number of halogens is 1. The predicted octanol–water partition coefficient (Wildman–Crippen LogP) is 2.54. The maximum absolute atomic E-state index is 13.1. The van der Waals surface area contributed by atoms with Gasteiger partial charge in [-0.15, -0.1) is 10.2 Å². The van der Waals surface area contributed by atoms with Crippen molar-refractivity contribution in [2.45, 2.75) is 19.8 Å². The van der Waals surface area contributed by atoms with Crippen LogP contribution in [0.5, 0.6) is 0 Å². The number of nitrogens with zero attached hydrogens (tertiary/aromatic N) is 2. The van der Waals surface area contributed by atoms with Gasteiger partial charge in [0.2, 0.25) is 0 Å². The number of rotatable bonds is 4. The van der Waals surface area contributed by atoms with Gasteiger partial charge in [0.15, 0.2) is 0 Å². The van der Waals surface area contributed by atoms with Gasteiger partial charge in [0, 0.05) is 12.0 Å². The van der Waals surface area contributed by atoms with Crippen molar-refractivity contribution >= 4 is 11.3 Å². The molecule has 0 saturated heterocycles. The molecule has 1 aromatic heterocycles. The van der Waals surface area contributed by atoms with Crippen LogP contribution in [0.25, 0.3) is 10.6 Å². The lowest BCUT2D eigenvalue weighted by Gasteiger charge is -1.98. The number of hydrogen-bond donors (Lipinski definition) is 1. The zero-order valence-electron chi connectivity index (χ0n) is 9.61. The average molecular weight is 251 g/mol. The van der Waals surface area contributed by atoms with E-state index in [-0.39, 0.29) is 5.82 Å². The Hall–Kier alpha value is -1.33. The van der Waals surface area contributed by atoms with Crippen molar-refractivity contribution in [3.05, 3.63) is 34.6 Å². The van der Waals surface area contributed by atoms with Gasteiger partial charge in [-0.3, -0.25) is 0 Å². The van der Waals surface area contributed by atoms with Crippen LogP contribution in [0.15, 0.2) is 18.2 Å². The van der Waals surface area contributed by atoms with Crippen molar-refractivity contribution in [2.75, 3.05) is 6.54 Å². The van der Waals surface area contributed by atoms with Gasteiger partial charge in [-0.25, -0.2) is 4.39 Å². The fraction of sp³-hybridized carbons (Fsp3) is 0.333. The number of aromatic nitrogens is 2. The maximum Gasteiger partial charge on any atom is 0.147 e. The molecule has 17 heavy (non-hydrogen) atoms. The Balaban J connectivity index is 2.21. The molecular formula is C12H14FN3S. The third kappa shape index (κ3) is 2.87. The Labute approximate surface area is 104 Å². The SMILES string of the molecule is Cc1cc(-c2nnc(CCCN)s2)ccc1F. The van der Waals surface area contributed by atoms with Crippen molar-refractivity contribution in [1.29, 1.82) is 0 Å². The van der Waals surface area contributed by atoms with Crippen LogP contribution in [0, 0.1) is 12.7 Å². The highest BCUT2D eigenvalue weighted by Gasteiger charge is 2.07. The topological polar surface area (TPSA) is 51.8 Å². The lowest BCUT2D eigenvalue weighted by Crippen LogP contribution is -1.99. The summed E-state index contributed by atoms with van der Waals surface area (Å²) >= 11 is 1.54. The second-order valence-corrected chi connectivity index (χ2v) is 4.92. The van der Waals surface area contributed by atoms with Crippen molar-refractivity contribution in [3.8, 4) is 10.6 Å². The Bertz CT molecular complexity index is 510. The third-order valence-corrected chi connectivity index (χ3v) is 3.50. The first-order valence-corrected chi connectivity index (χ1v) is 6.31. The van der Waals surface area contributed by atoms with Crippen LogP contribution in [0.4, 0.5) is 4.39 Å². The summed E-state index contributed by atoms with van der Waals surface area (Å²) in [6.45, 7) is 2.40. The second-order valence-electron chi connectivity index (χ2n) is 3.86. The molecule has 3 nitrogen and oxygen atoms in total. The van der Waals surface area contributed by atoms with Crippen LogP contribution in [0.2, 0.25) is 0 Å². The van der Waals surface area contributed by atoms with Crippen LogP contribution in [0.3, 0.4) is 0 Å². The zero-order chi connectivity index (χ0) is 12.3. The molecule has 0 saturated carbocycles. The Morgan fingerprint density at radius 3 is 2.88 bits per heavy atom. The van der Waals surface area contributed by atoms with E-state index in [0.717, 1.165) is 28.4 Å². The molecule has 2 rings (SSSR count). The second kappa shape index (κ2) is 5.33. The van der Waals surface area contributed by atoms with Gasteiger partial charge >= 0.3 is 0 Å². The van der Waals surface area contributed by atoms with Gasteiger partial charge in [0.25, 0.3) is 0 Å². The first-order valence-electron chi connectivity index (χ1n) is 5.49. The largest absolute Gasteiger partial charge is 0.330 e. The lowest BCUT2D eigenvalue weighted by atomic mass is 10.1. The minimum atomic E-state index is -0.193. The molecule has 0 aliphatic rings. The van der Waals surface area contributed by atoms with E-state index >= 15 is 0 Å². The minimum absolute atomic E-state index is 0.193. The van der Waals surface area contributed by atoms with Gasteiger partial charge in [-0.05, 0) is 43.7 Å². The molecule has 2 aromatic rings. The zero-order valence-corrected chi connectivity index (χ0v) is 10.4. The van der Waals surface area contributed by atoms with Crippen molar-refractivity contribution in [3.63, 3.8) is 0 Å². The summed E-state index contributed by atoms with van der Waals surface area (Å²) in [7, 11) is 0. The highest BCUT2D eigenvalue weighted by molar-refractivity contribution is 7.14. The lowest BCUT2D eigenvalue weighted by molar-refractivity contribution is 0.619. The van der Waals surface area contributed by atoms with Crippen molar-refractivity contribution in [1.82, 2.24) is 10.2 Å². The van der Waals surface area contributed by atoms with Gasteiger partial charge in [-0.1, -0.05) is 11.3 Å². The molecule has 5 heteroatoms. The van der Waals surface area contributed by atoms with E-state index < -0.39 is 0 Å². The third-order valence-electron chi connectivity index (χ3n) is 2.47. The van der Waals surface area contributed by atoms with Crippen molar-refractivity contribution in [2.24, 2.45) is 5.73 Å². The highest BCUT2D eigenvalue weighted by Crippen LogP contribution is 2.25. The minimum Gasteiger partial charge on any atom is -0.330 e. The summed E-state index contributed by atoms with van der Waals surface area (Å²) in [5, 5.41) is 10.0. The fourth-order valence-electron chi connectivity index (χ4n) is 1.50.